The van der Waals surface area contributed by atoms with Gasteiger partial charge in [0.15, 0.2) is 11.5 Å². The quantitative estimate of drug-likeness (QED) is 0.616. The molecule has 1 aromatic rings. The Morgan fingerprint density at radius 1 is 1.10 bits per heavy atom. The SMILES string of the molecule is COc1cc(CNCCCCCCO)ccc1OC(C)C. The van der Waals surface area contributed by atoms with Gasteiger partial charge in [-0.05, 0) is 50.9 Å². The molecule has 2 N–H and O–H groups in total. The topological polar surface area (TPSA) is 50.7 Å². The van der Waals surface area contributed by atoms with E-state index in [0.29, 0.717) is 6.61 Å². The summed E-state index contributed by atoms with van der Waals surface area (Å²) in [6, 6.07) is 6.06. The van der Waals surface area contributed by atoms with Crippen molar-refractivity contribution in [3.05, 3.63) is 23.8 Å². The maximum atomic E-state index is 8.71. The van der Waals surface area contributed by atoms with Gasteiger partial charge in [0.1, 0.15) is 0 Å². The molecule has 0 aliphatic carbocycles. The second-order valence-corrected chi connectivity index (χ2v) is 5.47. The fraction of sp³-hybridized carbons (Fsp3) is 0.647. The lowest BCUT2D eigenvalue weighted by Crippen LogP contribution is -2.15. The highest BCUT2D eigenvalue weighted by Gasteiger charge is 2.07. The molecular weight excluding hydrogens is 266 g/mol. The monoisotopic (exact) mass is 295 g/mol. The van der Waals surface area contributed by atoms with E-state index in [-0.39, 0.29) is 6.10 Å². The number of benzene rings is 1. The molecular formula is C17H29NO3. The lowest BCUT2D eigenvalue weighted by Gasteiger charge is -2.14. The first kappa shape index (κ1) is 17.8. The molecule has 0 bridgehead atoms. The zero-order valence-electron chi connectivity index (χ0n) is 13.5. The van der Waals surface area contributed by atoms with Gasteiger partial charge in [-0.3, -0.25) is 0 Å². The predicted octanol–water partition coefficient (Wildman–Crippen LogP) is 3.12. The molecule has 0 aliphatic heterocycles. The van der Waals surface area contributed by atoms with Crippen LogP contribution in [0.2, 0.25) is 0 Å². The number of hydrogen-bond acceptors (Lipinski definition) is 4. The fourth-order valence-electron chi connectivity index (χ4n) is 2.12. The van der Waals surface area contributed by atoms with Gasteiger partial charge in [0.2, 0.25) is 0 Å². The van der Waals surface area contributed by atoms with Crippen molar-refractivity contribution in [2.24, 2.45) is 0 Å². The van der Waals surface area contributed by atoms with Crippen molar-refractivity contribution in [3.8, 4) is 11.5 Å². The summed E-state index contributed by atoms with van der Waals surface area (Å²) in [5, 5.41) is 12.1. The molecule has 4 heteroatoms. The summed E-state index contributed by atoms with van der Waals surface area (Å²) < 4.78 is 11.1. The molecule has 0 atom stereocenters. The van der Waals surface area contributed by atoms with Crippen LogP contribution < -0.4 is 14.8 Å². The Kier molecular flexibility index (Phi) is 8.87. The van der Waals surface area contributed by atoms with Crippen LogP contribution in [0.1, 0.15) is 45.1 Å². The van der Waals surface area contributed by atoms with E-state index in [4.69, 9.17) is 14.6 Å². The Labute approximate surface area is 128 Å². The van der Waals surface area contributed by atoms with E-state index < -0.39 is 0 Å². The molecule has 4 nitrogen and oxygen atoms in total. The number of aliphatic hydroxyl groups is 1. The zero-order chi connectivity index (χ0) is 15.5. The minimum absolute atomic E-state index is 0.141. The summed E-state index contributed by atoms with van der Waals surface area (Å²) in [4.78, 5) is 0. The molecule has 0 saturated carbocycles. The van der Waals surface area contributed by atoms with Gasteiger partial charge >= 0.3 is 0 Å². The van der Waals surface area contributed by atoms with Crippen LogP contribution in [-0.4, -0.2) is 31.5 Å². The van der Waals surface area contributed by atoms with Crippen molar-refractivity contribution < 1.29 is 14.6 Å². The maximum absolute atomic E-state index is 8.71. The van der Waals surface area contributed by atoms with Gasteiger partial charge in [0, 0.05) is 13.2 Å². The van der Waals surface area contributed by atoms with E-state index >= 15 is 0 Å². The summed E-state index contributed by atoms with van der Waals surface area (Å²) in [5.74, 6) is 1.58. The molecule has 1 aromatic carbocycles. The molecule has 0 unspecified atom stereocenters. The van der Waals surface area contributed by atoms with Crippen LogP contribution in [-0.2, 0) is 6.54 Å². The van der Waals surface area contributed by atoms with Crippen LogP contribution in [0, 0.1) is 0 Å². The third kappa shape index (κ3) is 7.34. The van der Waals surface area contributed by atoms with Gasteiger partial charge in [-0.1, -0.05) is 18.9 Å². The molecule has 0 heterocycles. The van der Waals surface area contributed by atoms with Crippen molar-refractivity contribution in [1.82, 2.24) is 5.32 Å². The Balaban J connectivity index is 2.35. The third-order valence-electron chi connectivity index (χ3n) is 3.18. The van der Waals surface area contributed by atoms with Gasteiger partial charge in [-0.2, -0.15) is 0 Å². The van der Waals surface area contributed by atoms with E-state index in [1.807, 2.05) is 26.0 Å². The first-order chi connectivity index (χ1) is 10.2. The van der Waals surface area contributed by atoms with Gasteiger partial charge in [0.25, 0.3) is 0 Å². The first-order valence-electron chi connectivity index (χ1n) is 7.82. The van der Waals surface area contributed by atoms with Crippen LogP contribution >= 0.6 is 0 Å². The van der Waals surface area contributed by atoms with E-state index in [1.165, 1.54) is 5.56 Å². The summed E-state index contributed by atoms with van der Waals surface area (Å²) >= 11 is 0. The molecule has 1 rings (SSSR count). The van der Waals surface area contributed by atoms with Crippen LogP contribution in [0.4, 0.5) is 0 Å². The molecule has 0 aromatic heterocycles. The summed E-state index contributed by atoms with van der Waals surface area (Å²) in [6.45, 7) is 6.14. The van der Waals surface area contributed by atoms with Crippen LogP contribution in [0.15, 0.2) is 18.2 Å². The number of rotatable bonds is 11. The summed E-state index contributed by atoms with van der Waals surface area (Å²) in [5.41, 5.74) is 1.19. The van der Waals surface area contributed by atoms with E-state index in [9.17, 15) is 0 Å². The highest BCUT2D eigenvalue weighted by molar-refractivity contribution is 5.43. The second kappa shape index (κ2) is 10.5. The molecule has 0 aliphatic rings. The third-order valence-corrected chi connectivity index (χ3v) is 3.18. The van der Waals surface area contributed by atoms with Gasteiger partial charge in [0.05, 0.1) is 13.2 Å². The summed E-state index contributed by atoms with van der Waals surface area (Å²) in [7, 11) is 1.67. The van der Waals surface area contributed by atoms with Crippen molar-refractivity contribution in [2.45, 2.75) is 52.2 Å². The number of hydrogen-bond donors (Lipinski definition) is 2. The maximum Gasteiger partial charge on any atom is 0.161 e. The van der Waals surface area contributed by atoms with Crippen LogP contribution in [0.25, 0.3) is 0 Å². The smallest absolute Gasteiger partial charge is 0.161 e. The molecule has 120 valence electrons. The lowest BCUT2D eigenvalue weighted by atomic mass is 10.2. The van der Waals surface area contributed by atoms with Gasteiger partial charge in [-0.15, -0.1) is 0 Å². The standard InChI is InChI=1S/C17H29NO3/c1-14(2)21-16-9-8-15(12-17(16)20-3)13-18-10-6-4-5-7-11-19/h8-9,12,14,18-19H,4-7,10-11,13H2,1-3H3. The van der Waals surface area contributed by atoms with Crippen LogP contribution in [0.3, 0.4) is 0 Å². The Bertz CT molecular complexity index is 394. The normalized spacial score (nSPS) is 10.9. The Morgan fingerprint density at radius 3 is 2.52 bits per heavy atom. The highest BCUT2D eigenvalue weighted by atomic mass is 16.5. The van der Waals surface area contributed by atoms with Crippen molar-refractivity contribution in [3.63, 3.8) is 0 Å². The van der Waals surface area contributed by atoms with Crippen molar-refractivity contribution >= 4 is 0 Å². The number of aliphatic hydroxyl groups excluding tert-OH is 1. The van der Waals surface area contributed by atoms with Crippen LogP contribution in [0.5, 0.6) is 11.5 Å². The first-order valence-corrected chi connectivity index (χ1v) is 7.82. The molecule has 0 radical (unpaired) electrons. The Hall–Kier alpha value is -1.26. The average molecular weight is 295 g/mol. The van der Waals surface area contributed by atoms with Crippen molar-refractivity contribution in [2.75, 3.05) is 20.3 Å². The van der Waals surface area contributed by atoms with E-state index in [0.717, 1.165) is 50.3 Å². The van der Waals surface area contributed by atoms with Gasteiger partial charge < -0.3 is 19.9 Å². The summed E-state index contributed by atoms with van der Waals surface area (Å²) in [6.07, 6.45) is 4.47. The number of nitrogens with one attached hydrogen (secondary N) is 1. The van der Waals surface area contributed by atoms with E-state index in [2.05, 4.69) is 11.4 Å². The van der Waals surface area contributed by atoms with Crippen molar-refractivity contribution in [1.29, 1.82) is 0 Å². The van der Waals surface area contributed by atoms with Gasteiger partial charge in [-0.25, -0.2) is 0 Å². The molecule has 21 heavy (non-hydrogen) atoms. The Morgan fingerprint density at radius 2 is 1.86 bits per heavy atom. The molecule has 0 amide bonds. The van der Waals surface area contributed by atoms with E-state index in [1.54, 1.807) is 7.11 Å². The predicted molar refractivity (Wildman–Crippen MR) is 86.0 cm³/mol. The minimum atomic E-state index is 0.141. The lowest BCUT2D eigenvalue weighted by molar-refractivity contribution is 0.230. The highest BCUT2D eigenvalue weighted by Crippen LogP contribution is 2.28. The largest absolute Gasteiger partial charge is 0.493 e. The number of methoxy groups -OCH3 is 1. The number of ether oxygens (including phenoxy) is 2. The average Bonchev–Trinajstić information content (AvgIpc) is 2.47. The zero-order valence-corrected chi connectivity index (χ0v) is 13.5. The molecule has 0 saturated heterocycles. The second-order valence-electron chi connectivity index (χ2n) is 5.47. The molecule has 0 spiro atoms. The molecule has 0 fully saturated rings. The number of unbranched alkanes of at least 4 members (excludes halogenated alkanes) is 3. The fourth-order valence-corrected chi connectivity index (χ4v) is 2.12. The minimum Gasteiger partial charge on any atom is -0.493 e.